The molecular weight excluding hydrogens is 194 g/mol. The number of nitrogens with one attached hydrogen (secondary N) is 2. The smallest absolute Gasteiger partial charge is 0.252 e. The standard InChI is InChI=1S/C10H17N3O2/c1-7-12-8(5-9(14)13-7)11-6-10(2,3)15-4/h5H,6H2,1-4H3,(H2,11,12,13,14). The molecule has 0 fully saturated rings. The Morgan fingerprint density at radius 3 is 2.80 bits per heavy atom. The van der Waals surface area contributed by atoms with Crippen LogP contribution in [0.5, 0.6) is 0 Å². The topological polar surface area (TPSA) is 67.0 Å². The summed E-state index contributed by atoms with van der Waals surface area (Å²) in [7, 11) is 1.65. The van der Waals surface area contributed by atoms with E-state index in [2.05, 4.69) is 15.3 Å². The van der Waals surface area contributed by atoms with Gasteiger partial charge >= 0.3 is 0 Å². The van der Waals surface area contributed by atoms with E-state index in [-0.39, 0.29) is 11.2 Å². The fourth-order valence-corrected chi connectivity index (χ4v) is 1.05. The summed E-state index contributed by atoms with van der Waals surface area (Å²) in [4.78, 5) is 17.9. The number of ether oxygens (including phenoxy) is 1. The molecule has 5 nitrogen and oxygen atoms in total. The number of aryl methyl sites for hydroxylation is 1. The van der Waals surface area contributed by atoms with Gasteiger partial charge in [0.15, 0.2) is 0 Å². The van der Waals surface area contributed by atoms with Gasteiger partial charge in [0.2, 0.25) is 0 Å². The van der Waals surface area contributed by atoms with Crippen LogP contribution in [0.4, 0.5) is 5.82 Å². The van der Waals surface area contributed by atoms with Gasteiger partial charge in [-0.3, -0.25) is 4.79 Å². The van der Waals surface area contributed by atoms with Crippen molar-refractivity contribution in [2.75, 3.05) is 19.0 Å². The zero-order valence-corrected chi connectivity index (χ0v) is 9.55. The Hall–Kier alpha value is -1.36. The van der Waals surface area contributed by atoms with Gasteiger partial charge in [0.25, 0.3) is 5.56 Å². The van der Waals surface area contributed by atoms with E-state index < -0.39 is 0 Å². The van der Waals surface area contributed by atoms with Crippen molar-refractivity contribution < 1.29 is 4.74 Å². The second kappa shape index (κ2) is 4.44. The average Bonchev–Trinajstić information content (AvgIpc) is 2.14. The molecule has 0 aromatic carbocycles. The molecule has 1 aromatic heterocycles. The number of methoxy groups -OCH3 is 1. The third-order valence-corrected chi connectivity index (χ3v) is 2.11. The van der Waals surface area contributed by atoms with E-state index in [0.29, 0.717) is 18.2 Å². The molecule has 0 unspecified atom stereocenters. The third kappa shape index (κ3) is 3.71. The van der Waals surface area contributed by atoms with Gasteiger partial charge < -0.3 is 15.0 Å². The number of hydrogen-bond donors (Lipinski definition) is 2. The van der Waals surface area contributed by atoms with Crippen molar-refractivity contribution in [3.63, 3.8) is 0 Å². The number of anilines is 1. The number of rotatable bonds is 4. The SMILES string of the molecule is COC(C)(C)CNc1cc(=O)[nH]c(C)n1. The van der Waals surface area contributed by atoms with Crippen LogP contribution in [-0.4, -0.2) is 29.2 Å². The van der Waals surface area contributed by atoms with Gasteiger partial charge in [-0.1, -0.05) is 0 Å². The van der Waals surface area contributed by atoms with E-state index in [4.69, 9.17) is 4.74 Å². The average molecular weight is 211 g/mol. The van der Waals surface area contributed by atoms with Gasteiger partial charge in [-0.05, 0) is 20.8 Å². The first-order valence-electron chi connectivity index (χ1n) is 4.80. The summed E-state index contributed by atoms with van der Waals surface area (Å²) in [5, 5.41) is 3.06. The Kier molecular flexibility index (Phi) is 3.47. The van der Waals surface area contributed by atoms with Crippen molar-refractivity contribution >= 4 is 5.82 Å². The van der Waals surface area contributed by atoms with Crippen LogP contribution < -0.4 is 10.9 Å². The van der Waals surface area contributed by atoms with Gasteiger partial charge in [-0.15, -0.1) is 0 Å². The van der Waals surface area contributed by atoms with Crippen LogP contribution in [0.15, 0.2) is 10.9 Å². The van der Waals surface area contributed by atoms with Crippen molar-refractivity contribution in [3.05, 3.63) is 22.2 Å². The Bertz CT molecular complexity index is 384. The molecule has 15 heavy (non-hydrogen) atoms. The van der Waals surface area contributed by atoms with Crippen LogP contribution in [0, 0.1) is 6.92 Å². The third-order valence-electron chi connectivity index (χ3n) is 2.11. The van der Waals surface area contributed by atoms with Crippen molar-refractivity contribution in [3.8, 4) is 0 Å². The van der Waals surface area contributed by atoms with E-state index in [1.165, 1.54) is 6.07 Å². The van der Waals surface area contributed by atoms with Crippen LogP contribution in [0.2, 0.25) is 0 Å². The van der Waals surface area contributed by atoms with Crippen LogP contribution in [0.1, 0.15) is 19.7 Å². The second-order valence-corrected chi connectivity index (χ2v) is 4.03. The maximum Gasteiger partial charge on any atom is 0.252 e. The normalized spacial score (nSPS) is 11.5. The molecule has 1 aromatic rings. The lowest BCUT2D eigenvalue weighted by Gasteiger charge is -2.23. The number of nitrogens with zero attached hydrogens (tertiary/aromatic N) is 1. The summed E-state index contributed by atoms with van der Waals surface area (Å²) in [6, 6.07) is 1.43. The lowest BCUT2D eigenvalue weighted by molar-refractivity contribution is 0.0343. The Labute approximate surface area is 88.9 Å². The molecule has 1 heterocycles. The molecule has 0 bridgehead atoms. The fraction of sp³-hybridized carbons (Fsp3) is 0.600. The predicted octanol–water partition coefficient (Wildman–Crippen LogP) is 0.915. The summed E-state index contributed by atoms with van der Waals surface area (Å²) in [6.45, 7) is 6.26. The van der Waals surface area contributed by atoms with E-state index in [1.54, 1.807) is 14.0 Å². The first-order valence-corrected chi connectivity index (χ1v) is 4.80. The number of aromatic nitrogens is 2. The second-order valence-electron chi connectivity index (χ2n) is 4.03. The molecule has 2 N–H and O–H groups in total. The van der Waals surface area contributed by atoms with Gasteiger partial charge in [0.05, 0.1) is 5.60 Å². The van der Waals surface area contributed by atoms with E-state index >= 15 is 0 Å². The minimum Gasteiger partial charge on any atom is -0.377 e. The number of aromatic amines is 1. The first-order chi connectivity index (χ1) is 6.93. The van der Waals surface area contributed by atoms with Gasteiger partial charge in [-0.2, -0.15) is 0 Å². The summed E-state index contributed by atoms with van der Waals surface area (Å²) in [5.74, 6) is 1.17. The van der Waals surface area contributed by atoms with Crippen LogP contribution >= 0.6 is 0 Å². The summed E-state index contributed by atoms with van der Waals surface area (Å²) >= 11 is 0. The van der Waals surface area contributed by atoms with Crippen LogP contribution in [0.3, 0.4) is 0 Å². The number of hydrogen-bond acceptors (Lipinski definition) is 4. The minimum atomic E-state index is -0.280. The Balaban J connectivity index is 2.70. The van der Waals surface area contributed by atoms with Crippen LogP contribution in [0.25, 0.3) is 0 Å². The maximum absolute atomic E-state index is 11.1. The molecule has 0 radical (unpaired) electrons. The molecule has 0 aliphatic rings. The van der Waals surface area contributed by atoms with Gasteiger partial charge in [0, 0.05) is 19.7 Å². The molecule has 0 atom stereocenters. The van der Waals surface area contributed by atoms with Gasteiger partial charge in [0.1, 0.15) is 11.6 Å². The predicted molar refractivity (Wildman–Crippen MR) is 59.2 cm³/mol. The minimum absolute atomic E-state index is 0.153. The largest absolute Gasteiger partial charge is 0.377 e. The maximum atomic E-state index is 11.1. The monoisotopic (exact) mass is 211 g/mol. The first kappa shape index (κ1) is 11.7. The molecule has 0 aliphatic heterocycles. The highest BCUT2D eigenvalue weighted by Crippen LogP contribution is 2.08. The molecule has 0 saturated carbocycles. The summed E-state index contributed by atoms with van der Waals surface area (Å²) in [5.41, 5.74) is -0.432. The lowest BCUT2D eigenvalue weighted by atomic mass is 10.1. The highest BCUT2D eigenvalue weighted by atomic mass is 16.5. The van der Waals surface area contributed by atoms with E-state index in [9.17, 15) is 4.79 Å². The van der Waals surface area contributed by atoms with Crippen molar-refractivity contribution in [2.24, 2.45) is 0 Å². The van der Waals surface area contributed by atoms with Crippen molar-refractivity contribution in [1.29, 1.82) is 0 Å². The molecule has 84 valence electrons. The van der Waals surface area contributed by atoms with E-state index in [1.807, 2.05) is 13.8 Å². The van der Waals surface area contributed by atoms with Crippen molar-refractivity contribution in [1.82, 2.24) is 9.97 Å². The summed E-state index contributed by atoms with van der Waals surface area (Å²) < 4.78 is 5.24. The summed E-state index contributed by atoms with van der Waals surface area (Å²) in [6.07, 6.45) is 0. The lowest BCUT2D eigenvalue weighted by Crippen LogP contribution is -2.32. The zero-order chi connectivity index (χ0) is 11.5. The van der Waals surface area contributed by atoms with Crippen LogP contribution in [-0.2, 0) is 4.74 Å². The highest BCUT2D eigenvalue weighted by molar-refractivity contribution is 5.33. The highest BCUT2D eigenvalue weighted by Gasteiger charge is 2.15. The molecule has 5 heteroatoms. The molecule has 0 aliphatic carbocycles. The van der Waals surface area contributed by atoms with Gasteiger partial charge in [-0.25, -0.2) is 4.98 Å². The fourth-order valence-electron chi connectivity index (χ4n) is 1.05. The molecule has 0 saturated heterocycles. The molecular formula is C10H17N3O2. The number of H-pyrrole nitrogens is 1. The quantitative estimate of drug-likeness (QED) is 0.777. The Morgan fingerprint density at radius 1 is 1.60 bits per heavy atom. The molecule has 0 spiro atoms. The van der Waals surface area contributed by atoms with E-state index in [0.717, 1.165) is 0 Å². The Morgan fingerprint density at radius 2 is 2.27 bits per heavy atom. The zero-order valence-electron chi connectivity index (χ0n) is 9.55. The van der Waals surface area contributed by atoms with Crippen molar-refractivity contribution in [2.45, 2.75) is 26.4 Å². The molecule has 1 rings (SSSR count). The molecule has 0 amide bonds.